The van der Waals surface area contributed by atoms with Crippen molar-refractivity contribution < 1.29 is 19.4 Å². The van der Waals surface area contributed by atoms with Crippen LogP contribution in [0.25, 0.3) is 0 Å². The Morgan fingerprint density at radius 2 is 1.88 bits per heavy atom. The van der Waals surface area contributed by atoms with E-state index in [9.17, 15) is 14.7 Å². The predicted octanol–water partition coefficient (Wildman–Crippen LogP) is 1.77. The summed E-state index contributed by atoms with van der Waals surface area (Å²) >= 11 is 0. The molecule has 182 valence electrons. The van der Waals surface area contributed by atoms with Crippen LogP contribution in [0.5, 0.6) is 0 Å². The lowest BCUT2D eigenvalue weighted by Gasteiger charge is -2.38. The summed E-state index contributed by atoms with van der Waals surface area (Å²) in [5.74, 6) is -1.00. The quantitative estimate of drug-likeness (QED) is 0.310. The number of carbonyl (C=O) groups is 2. The second-order valence-corrected chi connectivity index (χ2v) is 8.93. The van der Waals surface area contributed by atoms with Gasteiger partial charge in [-0.25, -0.2) is 0 Å². The Hall–Kier alpha value is -2.65. The molecule has 2 atom stereocenters. The molecule has 0 spiro atoms. The third kappa shape index (κ3) is 7.71. The third-order valence-corrected chi connectivity index (χ3v) is 6.57. The van der Waals surface area contributed by atoms with E-state index in [1.54, 1.807) is 0 Å². The summed E-state index contributed by atoms with van der Waals surface area (Å²) in [7, 11) is 0. The van der Waals surface area contributed by atoms with E-state index in [0.717, 1.165) is 57.2 Å². The molecule has 2 aliphatic heterocycles. The molecule has 9 heteroatoms. The van der Waals surface area contributed by atoms with Crippen molar-refractivity contribution in [2.75, 3.05) is 26.2 Å². The van der Waals surface area contributed by atoms with Gasteiger partial charge in [-0.15, -0.1) is 0 Å². The number of hydrogen-bond acceptors (Lipinski definition) is 5. The zero-order chi connectivity index (χ0) is 23.6. The lowest BCUT2D eigenvalue weighted by Crippen LogP contribution is -2.53. The number of carboxylic acid groups (broad SMARTS) is 1. The topological polar surface area (TPSA) is 132 Å². The molecule has 2 saturated heterocycles. The highest BCUT2D eigenvalue weighted by atomic mass is 16.5. The van der Waals surface area contributed by atoms with E-state index in [1.165, 1.54) is 0 Å². The molecule has 9 nitrogen and oxygen atoms in total. The molecular formula is C24H37N5O4. The Morgan fingerprint density at radius 1 is 1.15 bits per heavy atom. The second-order valence-electron chi connectivity index (χ2n) is 8.93. The molecule has 0 aromatic heterocycles. The van der Waals surface area contributed by atoms with Gasteiger partial charge in [0.15, 0.2) is 5.96 Å². The Bertz CT molecular complexity index is 782. The van der Waals surface area contributed by atoms with Gasteiger partial charge in [0.05, 0.1) is 18.6 Å². The predicted molar refractivity (Wildman–Crippen MR) is 126 cm³/mol. The van der Waals surface area contributed by atoms with E-state index in [4.69, 9.17) is 15.9 Å². The third-order valence-electron chi connectivity index (χ3n) is 6.57. The summed E-state index contributed by atoms with van der Waals surface area (Å²) in [6.45, 7) is 3.14. The number of rotatable bonds is 10. The number of carboxylic acids is 1. The highest BCUT2D eigenvalue weighted by Gasteiger charge is 2.32. The zero-order valence-corrected chi connectivity index (χ0v) is 19.2. The number of aliphatic carboxylic acids is 1. The molecule has 0 aliphatic carbocycles. The van der Waals surface area contributed by atoms with E-state index in [-0.39, 0.29) is 30.4 Å². The monoisotopic (exact) mass is 459 g/mol. The largest absolute Gasteiger partial charge is 0.481 e. The molecule has 1 aromatic rings. The molecule has 0 saturated carbocycles. The van der Waals surface area contributed by atoms with Crippen LogP contribution in [0, 0.1) is 5.41 Å². The lowest BCUT2D eigenvalue weighted by atomic mass is 9.97. The van der Waals surface area contributed by atoms with Crippen molar-refractivity contribution in [1.82, 2.24) is 15.1 Å². The van der Waals surface area contributed by atoms with E-state index < -0.39 is 12.0 Å². The van der Waals surface area contributed by atoms with Gasteiger partial charge in [-0.05, 0) is 44.1 Å². The number of benzene rings is 1. The summed E-state index contributed by atoms with van der Waals surface area (Å²) in [4.78, 5) is 28.5. The summed E-state index contributed by atoms with van der Waals surface area (Å²) in [5, 5.41) is 20.1. The number of nitrogens with one attached hydrogen (secondary N) is 2. The van der Waals surface area contributed by atoms with E-state index >= 15 is 0 Å². The van der Waals surface area contributed by atoms with Gasteiger partial charge in [0, 0.05) is 38.8 Å². The summed E-state index contributed by atoms with van der Waals surface area (Å²) < 4.78 is 6.09. The van der Waals surface area contributed by atoms with Gasteiger partial charge < -0.3 is 30.7 Å². The fourth-order valence-corrected chi connectivity index (χ4v) is 4.68. The molecule has 2 aliphatic rings. The van der Waals surface area contributed by atoms with Crippen LogP contribution in [-0.4, -0.2) is 77.2 Å². The smallest absolute Gasteiger partial charge is 0.305 e. The molecule has 33 heavy (non-hydrogen) atoms. The lowest BCUT2D eigenvalue weighted by molar-refractivity contribution is -0.144. The highest BCUT2D eigenvalue weighted by Crippen LogP contribution is 2.22. The standard InChI is InChI=1S/C24H37N5O4/c25-24(26)28-13-9-20(10-14-28)33-15-11-19-8-4-5-12-29(19)23(32)21(16-22(30)31)27-17-18-6-2-1-3-7-18/h1-3,6-7,19-21,27H,4-5,8-17H2,(H3,25,26)(H,30,31)/t19-,21-/m0/s1. The number of guanidine groups is 1. The molecule has 1 aromatic carbocycles. The van der Waals surface area contributed by atoms with Gasteiger partial charge >= 0.3 is 5.97 Å². The average Bonchev–Trinajstić information content (AvgIpc) is 2.82. The van der Waals surface area contributed by atoms with Crippen molar-refractivity contribution in [3.05, 3.63) is 35.9 Å². The molecule has 0 unspecified atom stereocenters. The number of hydrogen-bond donors (Lipinski definition) is 4. The van der Waals surface area contributed by atoms with Crippen LogP contribution in [0.4, 0.5) is 0 Å². The first-order chi connectivity index (χ1) is 15.9. The molecular weight excluding hydrogens is 422 g/mol. The summed E-state index contributed by atoms with van der Waals surface area (Å²) in [6.07, 6.45) is 5.26. The number of amides is 1. The van der Waals surface area contributed by atoms with Gasteiger partial charge in [0.25, 0.3) is 0 Å². The van der Waals surface area contributed by atoms with Crippen molar-refractivity contribution in [2.45, 2.75) is 69.7 Å². The van der Waals surface area contributed by atoms with Crippen LogP contribution < -0.4 is 11.1 Å². The maximum absolute atomic E-state index is 13.4. The number of nitrogens with two attached hydrogens (primary N) is 1. The van der Waals surface area contributed by atoms with Crippen molar-refractivity contribution >= 4 is 17.8 Å². The van der Waals surface area contributed by atoms with Crippen molar-refractivity contribution in [2.24, 2.45) is 5.73 Å². The van der Waals surface area contributed by atoms with Crippen LogP contribution in [0.15, 0.2) is 30.3 Å². The molecule has 2 heterocycles. The average molecular weight is 460 g/mol. The van der Waals surface area contributed by atoms with Crippen LogP contribution in [0.1, 0.15) is 50.5 Å². The normalized spacial score (nSPS) is 20.4. The van der Waals surface area contributed by atoms with Gasteiger partial charge in [0.1, 0.15) is 0 Å². The molecule has 2 fully saturated rings. The number of ether oxygens (including phenoxy) is 1. The van der Waals surface area contributed by atoms with Gasteiger partial charge in [0.2, 0.25) is 5.91 Å². The maximum Gasteiger partial charge on any atom is 0.305 e. The maximum atomic E-state index is 13.4. The van der Waals surface area contributed by atoms with Crippen LogP contribution in [-0.2, 0) is 20.9 Å². The first kappa shape index (κ1) is 25.0. The highest BCUT2D eigenvalue weighted by molar-refractivity contribution is 5.86. The first-order valence-corrected chi connectivity index (χ1v) is 11.9. The first-order valence-electron chi connectivity index (χ1n) is 11.9. The Kier molecular flexibility index (Phi) is 9.50. The number of likely N-dealkylation sites (tertiary alicyclic amines) is 2. The van der Waals surface area contributed by atoms with Crippen LogP contribution >= 0.6 is 0 Å². The van der Waals surface area contributed by atoms with Gasteiger partial charge in [-0.1, -0.05) is 30.3 Å². The number of nitrogens with zero attached hydrogens (tertiary/aromatic N) is 2. The summed E-state index contributed by atoms with van der Waals surface area (Å²) in [6, 6.07) is 9.01. The molecule has 3 rings (SSSR count). The zero-order valence-electron chi connectivity index (χ0n) is 19.2. The van der Waals surface area contributed by atoms with Crippen molar-refractivity contribution in [3.63, 3.8) is 0 Å². The minimum atomic E-state index is -0.984. The van der Waals surface area contributed by atoms with Crippen LogP contribution in [0.2, 0.25) is 0 Å². The number of carbonyl (C=O) groups excluding carboxylic acids is 1. The Balaban J connectivity index is 1.52. The molecule has 0 bridgehead atoms. The second kappa shape index (κ2) is 12.6. The SMILES string of the molecule is N=C(N)N1CCC(OCC[C@@H]2CCCCN2C(=O)[C@H](CC(=O)O)NCc2ccccc2)CC1. The van der Waals surface area contributed by atoms with Crippen molar-refractivity contribution in [3.8, 4) is 0 Å². The van der Waals surface area contributed by atoms with E-state index in [2.05, 4.69) is 5.32 Å². The van der Waals surface area contributed by atoms with E-state index in [0.29, 0.717) is 19.7 Å². The Labute approximate surface area is 195 Å². The van der Waals surface area contributed by atoms with E-state index in [1.807, 2.05) is 40.1 Å². The minimum Gasteiger partial charge on any atom is -0.481 e. The Morgan fingerprint density at radius 3 is 2.55 bits per heavy atom. The molecule has 0 radical (unpaired) electrons. The fourth-order valence-electron chi connectivity index (χ4n) is 4.68. The van der Waals surface area contributed by atoms with Crippen LogP contribution in [0.3, 0.4) is 0 Å². The fraction of sp³-hybridized carbons (Fsp3) is 0.625. The molecule has 1 amide bonds. The molecule has 5 N–H and O–H groups in total. The minimum absolute atomic E-state index is 0.0679. The number of piperidine rings is 2. The van der Waals surface area contributed by atoms with Crippen molar-refractivity contribution in [1.29, 1.82) is 5.41 Å². The van der Waals surface area contributed by atoms with Gasteiger partial charge in [-0.2, -0.15) is 0 Å². The summed E-state index contributed by atoms with van der Waals surface area (Å²) in [5.41, 5.74) is 6.57. The van der Waals surface area contributed by atoms with Gasteiger partial charge in [-0.3, -0.25) is 15.0 Å².